The molecule has 86 valence electrons. The maximum Gasteiger partial charge on any atom is 0.263 e. The van der Waals surface area contributed by atoms with E-state index >= 15 is 0 Å². The average molecular weight is 221 g/mol. The summed E-state index contributed by atoms with van der Waals surface area (Å²) in [5.74, 6) is -0.548. The number of nitrogens with zero attached hydrogens (tertiary/aromatic N) is 1. The van der Waals surface area contributed by atoms with E-state index in [1.54, 1.807) is 24.3 Å². The van der Waals surface area contributed by atoms with E-state index in [1.807, 2.05) is 6.92 Å². The van der Waals surface area contributed by atoms with Crippen LogP contribution in [0, 0.1) is 0 Å². The van der Waals surface area contributed by atoms with Gasteiger partial charge in [-0.2, -0.15) is 0 Å². The van der Waals surface area contributed by atoms with Crippen LogP contribution in [-0.4, -0.2) is 30.1 Å². The van der Waals surface area contributed by atoms with Crippen molar-refractivity contribution in [2.24, 2.45) is 0 Å². The molecule has 0 unspecified atom stereocenters. The Kier molecular flexibility index (Phi) is 3.79. The second-order valence-corrected chi connectivity index (χ2v) is 3.21. The Morgan fingerprint density at radius 2 is 1.62 bits per heavy atom. The summed E-state index contributed by atoms with van der Waals surface area (Å²) in [6, 6.07) is 6.80. The van der Waals surface area contributed by atoms with E-state index in [2.05, 4.69) is 0 Å². The lowest BCUT2D eigenvalue weighted by molar-refractivity contribution is 0.0289. The number of carbonyl (C=O) groups excluding carboxylic acids is 2. The van der Waals surface area contributed by atoms with E-state index in [4.69, 9.17) is 4.74 Å². The Hall–Kier alpha value is -1.68. The molecule has 1 aliphatic rings. The zero-order chi connectivity index (χ0) is 10.8. The van der Waals surface area contributed by atoms with Crippen LogP contribution in [0.3, 0.4) is 0 Å². The van der Waals surface area contributed by atoms with Crippen LogP contribution in [0.4, 0.5) is 0 Å². The van der Waals surface area contributed by atoms with E-state index in [1.165, 1.54) is 0 Å². The van der Waals surface area contributed by atoms with Gasteiger partial charge in [0.05, 0.1) is 11.1 Å². The largest absolute Gasteiger partial charge is 0.361 e. The molecule has 4 nitrogen and oxygen atoms in total. The molecule has 1 aromatic carbocycles. The van der Waals surface area contributed by atoms with E-state index < -0.39 is 0 Å². The molecule has 2 rings (SSSR count). The van der Waals surface area contributed by atoms with E-state index in [-0.39, 0.29) is 26.0 Å². The van der Waals surface area contributed by atoms with Crippen LogP contribution >= 0.6 is 0 Å². The molecule has 1 aromatic rings. The number of ether oxygens (including phenoxy) is 1. The van der Waals surface area contributed by atoms with Crippen LogP contribution in [0.25, 0.3) is 0 Å². The van der Waals surface area contributed by atoms with Crippen molar-refractivity contribution in [1.82, 2.24) is 4.90 Å². The summed E-state index contributed by atoms with van der Waals surface area (Å²) in [5.41, 5.74) is 0.921. The van der Waals surface area contributed by atoms with Gasteiger partial charge in [-0.15, -0.1) is 0 Å². The second kappa shape index (κ2) is 4.90. The van der Waals surface area contributed by atoms with Crippen molar-refractivity contribution in [1.29, 1.82) is 0 Å². The lowest BCUT2D eigenvalue weighted by atomic mass is 10.1. The predicted molar refractivity (Wildman–Crippen MR) is 60.2 cm³/mol. The first-order valence-corrected chi connectivity index (χ1v) is 4.78. The first-order valence-electron chi connectivity index (χ1n) is 4.78. The fourth-order valence-corrected chi connectivity index (χ4v) is 1.54. The number of hydrogen-bond donors (Lipinski definition) is 0. The number of benzene rings is 1. The van der Waals surface area contributed by atoms with Gasteiger partial charge in [-0.3, -0.25) is 9.59 Å². The fraction of sp³-hybridized carbons (Fsp3) is 0.333. The first-order chi connectivity index (χ1) is 7.25. The van der Waals surface area contributed by atoms with E-state index in [0.29, 0.717) is 17.7 Å². The fourth-order valence-electron chi connectivity index (χ4n) is 1.54. The van der Waals surface area contributed by atoms with Gasteiger partial charge in [0.25, 0.3) is 11.8 Å². The van der Waals surface area contributed by atoms with Crippen molar-refractivity contribution < 1.29 is 14.3 Å². The lowest BCUT2D eigenvalue weighted by Gasteiger charge is -2.12. The molecular formula is C12H15NO3. The molecule has 0 saturated carbocycles. The molecule has 0 atom stereocenters. The van der Waals surface area contributed by atoms with Crippen molar-refractivity contribution in [2.45, 2.75) is 14.4 Å². The zero-order valence-corrected chi connectivity index (χ0v) is 8.40. The number of hydrogen-bond acceptors (Lipinski definition) is 3. The second-order valence-electron chi connectivity index (χ2n) is 3.21. The van der Waals surface area contributed by atoms with E-state index in [9.17, 15) is 9.59 Å². The molecule has 16 heavy (non-hydrogen) atoms. The van der Waals surface area contributed by atoms with E-state index in [0.717, 1.165) is 4.90 Å². The van der Waals surface area contributed by atoms with Gasteiger partial charge in [0, 0.05) is 6.61 Å². The number of carbonyl (C=O) groups is 2. The van der Waals surface area contributed by atoms with Gasteiger partial charge in [-0.05, 0) is 19.1 Å². The third kappa shape index (κ3) is 1.84. The maximum absolute atomic E-state index is 11.7. The summed E-state index contributed by atoms with van der Waals surface area (Å²) < 4.78 is 5.07. The summed E-state index contributed by atoms with van der Waals surface area (Å²) in [6.45, 7) is 2.33. The van der Waals surface area contributed by atoms with Crippen molar-refractivity contribution in [3.05, 3.63) is 35.4 Å². The third-order valence-electron chi connectivity index (χ3n) is 2.30. The van der Waals surface area contributed by atoms with Gasteiger partial charge in [-0.1, -0.05) is 19.6 Å². The van der Waals surface area contributed by atoms with Gasteiger partial charge < -0.3 is 4.74 Å². The van der Waals surface area contributed by atoms with Crippen LogP contribution in [-0.2, 0) is 4.74 Å². The molecule has 1 aliphatic heterocycles. The van der Waals surface area contributed by atoms with Crippen LogP contribution in [0.1, 0.15) is 35.1 Å². The summed E-state index contributed by atoms with van der Waals surface area (Å²) in [6.07, 6.45) is 0. The molecule has 4 heteroatoms. The van der Waals surface area contributed by atoms with Crippen molar-refractivity contribution in [3.63, 3.8) is 0 Å². The Morgan fingerprint density at radius 1 is 1.12 bits per heavy atom. The standard InChI is InChI=1S/C11H11NO3.CH4/c1-2-15-7-12-10(13)8-5-3-4-6-9(8)11(12)14;/h3-6H,2,7H2,1H3;1H4. The third-order valence-corrected chi connectivity index (χ3v) is 2.30. The van der Waals surface area contributed by atoms with Crippen molar-refractivity contribution in [2.75, 3.05) is 13.3 Å². The highest BCUT2D eigenvalue weighted by atomic mass is 16.5. The van der Waals surface area contributed by atoms with Crippen LogP contribution < -0.4 is 0 Å². The number of imide groups is 1. The molecule has 0 aromatic heterocycles. The van der Waals surface area contributed by atoms with Crippen molar-refractivity contribution >= 4 is 11.8 Å². The molecule has 0 aliphatic carbocycles. The lowest BCUT2D eigenvalue weighted by Crippen LogP contribution is -2.32. The monoisotopic (exact) mass is 221 g/mol. The highest BCUT2D eigenvalue weighted by Gasteiger charge is 2.34. The highest BCUT2D eigenvalue weighted by Crippen LogP contribution is 2.21. The number of rotatable bonds is 3. The molecule has 2 amide bonds. The Morgan fingerprint density at radius 3 is 2.06 bits per heavy atom. The summed E-state index contributed by atoms with van der Waals surface area (Å²) in [4.78, 5) is 24.6. The highest BCUT2D eigenvalue weighted by molar-refractivity contribution is 6.21. The molecule has 0 fully saturated rings. The first kappa shape index (κ1) is 12.4. The smallest absolute Gasteiger partial charge is 0.263 e. The molecular weight excluding hydrogens is 206 g/mol. The quantitative estimate of drug-likeness (QED) is 0.732. The zero-order valence-electron chi connectivity index (χ0n) is 8.40. The molecule has 0 spiro atoms. The van der Waals surface area contributed by atoms with Crippen LogP contribution in [0.2, 0.25) is 0 Å². The van der Waals surface area contributed by atoms with Gasteiger partial charge in [-0.25, -0.2) is 4.90 Å². The Labute approximate surface area is 94.8 Å². The Bertz CT molecular complexity index is 379. The molecule has 0 radical (unpaired) electrons. The van der Waals surface area contributed by atoms with Gasteiger partial charge in [0.15, 0.2) is 0 Å². The SMILES string of the molecule is C.CCOCN1C(=O)c2ccccc2C1=O. The van der Waals surface area contributed by atoms with Gasteiger partial charge in [0.2, 0.25) is 0 Å². The topological polar surface area (TPSA) is 46.6 Å². The molecule has 0 N–H and O–H groups in total. The number of amides is 2. The van der Waals surface area contributed by atoms with Gasteiger partial charge in [0.1, 0.15) is 6.73 Å². The minimum Gasteiger partial charge on any atom is -0.361 e. The van der Waals surface area contributed by atoms with Gasteiger partial charge >= 0.3 is 0 Å². The minimum absolute atomic E-state index is 0. The summed E-state index contributed by atoms with van der Waals surface area (Å²) in [5, 5.41) is 0. The maximum atomic E-state index is 11.7. The molecule has 1 heterocycles. The van der Waals surface area contributed by atoms with Crippen molar-refractivity contribution in [3.8, 4) is 0 Å². The van der Waals surface area contributed by atoms with Crippen LogP contribution in [0.15, 0.2) is 24.3 Å². The summed E-state index contributed by atoms with van der Waals surface area (Å²) >= 11 is 0. The normalized spacial score (nSPS) is 13.7. The summed E-state index contributed by atoms with van der Waals surface area (Å²) in [7, 11) is 0. The minimum atomic E-state index is -0.274. The molecule has 0 saturated heterocycles. The average Bonchev–Trinajstić information content (AvgIpc) is 2.51. The number of fused-ring (bicyclic) bond motifs is 1. The Balaban J connectivity index is 0.00000128. The molecule has 0 bridgehead atoms. The van der Waals surface area contributed by atoms with Crippen LogP contribution in [0.5, 0.6) is 0 Å². The predicted octanol–water partition coefficient (Wildman–Crippen LogP) is 1.91.